The summed E-state index contributed by atoms with van der Waals surface area (Å²) in [5.41, 5.74) is 6.99. The van der Waals surface area contributed by atoms with Crippen molar-refractivity contribution in [2.24, 2.45) is 0 Å². The van der Waals surface area contributed by atoms with E-state index in [2.05, 4.69) is 0 Å². The molecule has 72 valence electrons. The van der Waals surface area contributed by atoms with Crippen molar-refractivity contribution in [3.8, 4) is 0 Å². The van der Waals surface area contributed by atoms with Crippen LogP contribution in [0.15, 0.2) is 24.3 Å². The van der Waals surface area contributed by atoms with Crippen molar-refractivity contribution in [3.05, 3.63) is 29.8 Å². The van der Waals surface area contributed by atoms with Gasteiger partial charge in [-0.25, -0.2) is 8.78 Å². The Morgan fingerprint density at radius 3 is 2.46 bits per heavy atom. The molecule has 0 aliphatic heterocycles. The smallest absolute Gasteiger partial charge is 0.245 e. The standard InChI is InChI=1S/C10H13F2N/c1-10(11,12)7-6-8-4-2-3-5-9(8)13/h2-5H,6-7,13H2,1H3. The summed E-state index contributed by atoms with van der Waals surface area (Å²) in [5, 5.41) is 0. The first-order valence-corrected chi connectivity index (χ1v) is 4.20. The Morgan fingerprint density at radius 1 is 1.31 bits per heavy atom. The van der Waals surface area contributed by atoms with Gasteiger partial charge < -0.3 is 5.73 Å². The highest BCUT2D eigenvalue weighted by Crippen LogP contribution is 2.21. The molecule has 0 aliphatic carbocycles. The van der Waals surface area contributed by atoms with E-state index in [1.807, 2.05) is 0 Å². The first-order valence-electron chi connectivity index (χ1n) is 4.20. The molecular weight excluding hydrogens is 172 g/mol. The lowest BCUT2D eigenvalue weighted by Crippen LogP contribution is -2.11. The van der Waals surface area contributed by atoms with Gasteiger partial charge in [-0.1, -0.05) is 18.2 Å². The topological polar surface area (TPSA) is 26.0 Å². The number of nitrogens with two attached hydrogens (primary N) is 1. The van der Waals surface area contributed by atoms with E-state index in [-0.39, 0.29) is 6.42 Å². The zero-order valence-corrected chi connectivity index (χ0v) is 7.56. The van der Waals surface area contributed by atoms with E-state index < -0.39 is 5.92 Å². The summed E-state index contributed by atoms with van der Waals surface area (Å²) in [4.78, 5) is 0. The van der Waals surface area contributed by atoms with E-state index in [0.717, 1.165) is 12.5 Å². The van der Waals surface area contributed by atoms with Crippen LogP contribution in [0.3, 0.4) is 0 Å². The Labute approximate surface area is 76.6 Å². The predicted molar refractivity (Wildman–Crippen MR) is 49.8 cm³/mol. The van der Waals surface area contributed by atoms with Crippen LogP contribution in [0.4, 0.5) is 14.5 Å². The molecule has 0 atom stereocenters. The van der Waals surface area contributed by atoms with Crippen molar-refractivity contribution in [2.75, 3.05) is 5.73 Å². The lowest BCUT2D eigenvalue weighted by molar-refractivity contribution is 0.0133. The van der Waals surface area contributed by atoms with Gasteiger partial charge in [0.05, 0.1) is 0 Å². The van der Waals surface area contributed by atoms with Gasteiger partial charge in [0, 0.05) is 12.1 Å². The van der Waals surface area contributed by atoms with E-state index in [0.29, 0.717) is 12.1 Å². The van der Waals surface area contributed by atoms with Gasteiger partial charge >= 0.3 is 0 Å². The fourth-order valence-corrected chi connectivity index (χ4v) is 1.12. The molecule has 0 aliphatic rings. The molecule has 1 rings (SSSR count). The van der Waals surface area contributed by atoms with Crippen molar-refractivity contribution in [3.63, 3.8) is 0 Å². The summed E-state index contributed by atoms with van der Waals surface area (Å²) in [5.74, 6) is -2.61. The van der Waals surface area contributed by atoms with Crippen molar-refractivity contribution in [1.29, 1.82) is 0 Å². The van der Waals surface area contributed by atoms with E-state index in [9.17, 15) is 8.78 Å². The largest absolute Gasteiger partial charge is 0.399 e. The molecule has 0 bridgehead atoms. The number of anilines is 1. The predicted octanol–water partition coefficient (Wildman–Crippen LogP) is 2.86. The maximum absolute atomic E-state index is 12.5. The first-order chi connectivity index (χ1) is 5.99. The second kappa shape index (κ2) is 3.73. The van der Waals surface area contributed by atoms with Crippen LogP contribution in [0, 0.1) is 0 Å². The molecule has 1 aromatic carbocycles. The molecule has 0 saturated carbocycles. The number of hydrogen-bond donors (Lipinski definition) is 1. The number of rotatable bonds is 3. The summed E-state index contributed by atoms with van der Waals surface area (Å²) in [6.07, 6.45) is 0.178. The highest BCUT2D eigenvalue weighted by Gasteiger charge is 2.20. The van der Waals surface area contributed by atoms with Crippen LogP contribution in [-0.2, 0) is 6.42 Å². The minimum Gasteiger partial charge on any atom is -0.399 e. The lowest BCUT2D eigenvalue weighted by atomic mass is 10.1. The number of halogens is 2. The van der Waals surface area contributed by atoms with Crippen molar-refractivity contribution >= 4 is 5.69 Å². The summed E-state index contributed by atoms with van der Waals surface area (Å²) >= 11 is 0. The van der Waals surface area contributed by atoms with Crippen LogP contribution < -0.4 is 5.73 Å². The maximum atomic E-state index is 12.5. The van der Waals surface area contributed by atoms with Gasteiger partial charge in [0.25, 0.3) is 0 Å². The van der Waals surface area contributed by atoms with Gasteiger partial charge in [-0.05, 0) is 25.0 Å². The molecule has 2 N–H and O–H groups in total. The number of nitrogen functional groups attached to an aromatic ring is 1. The van der Waals surface area contributed by atoms with E-state index in [1.165, 1.54) is 0 Å². The Hall–Kier alpha value is -1.12. The monoisotopic (exact) mass is 185 g/mol. The second-order valence-electron chi connectivity index (χ2n) is 3.27. The average molecular weight is 185 g/mol. The molecule has 13 heavy (non-hydrogen) atoms. The highest BCUT2D eigenvalue weighted by molar-refractivity contribution is 5.46. The quantitative estimate of drug-likeness (QED) is 0.720. The number of hydrogen-bond acceptors (Lipinski definition) is 1. The van der Waals surface area contributed by atoms with Crippen LogP contribution in [0.25, 0.3) is 0 Å². The van der Waals surface area contributed by atoms with Gasteiger partial charge in [0.1, 0.15) is 0 Å². The molecule has 0 fully saturated rings. The molecule has 0 radical (unpaired) electrons. The zero-order valence-electron chi connectivity index (χ0n) is 7.56. The van der Waals surface area contributed by atoms with Gasteiger partial charge in [0.2, 0.25) is 5.92 Å². The van der Waals surface area contributed by atoms with Gasteiger partial charge in [-0.2, -0.15) is 0 Å². The third-order valence-electron chi connectivity index (χ3n) is 1.89. The summed E-state index contributed by atoms with van der Waals surface area (Å²) in [6.45, 7) is 0.923. The maximum Gasteiger partial charge on any atom is 0.245 e. The third-order valence-corrected chi connectivity index (χ3v) is 1.89. The van der Waals surface area contributed by atoms with Crippen LogP contribution in [-0.4, -0.2) is 5.92 Å². The van der Waals surface area contributed by atoms with Gasteiger partial charge in [-0.15, -0.1) is 0 Å². The molecule has 0 spiro atoms. The van der Waals surface area contributed by atoms with Gasteiger partial charge in [0.15, 0.2) is 0 Å². The van der Waals surface area contributed by atoms with E-state index in [4.69, 9.17) is 5.73 Å². The fraction of sp³-hybridized carbons (Fsp3) is 0.400. The van der Waals surface area contributed by atoms with Crippen LogP contribution in [0.2, 0.25) is 0 Å². The molecule has 0 heterocycles. The Kier molecular flexibility index (Phi) is 2.86. The molecular formula is C10H13F2N. The molecule has 0 amide bonds. The van der Waals surface area contributed by atoms with E-state index >= 15 is 0 Å². The molecule has 0 saturated heterocycles. The molecule has 1 aromatic rings. The molecule has 0 aromatic heterocycles. The average Bonchev–Trinajstić information content (AvgIpc) is 2.01. The van der Waals surface area contributed by atoms with Crippen LogP contribution in [0.5, 0.6) is 0 Å². The van der Waals surface area contributed by atoms with Crippen molar-refractivity contribution in [1.82, 2.24) is 0 Å². The molecule has 1 nitrogen and oxygen atoms in total. The van der Waals surface area contributed by atoms with Crippen molar-refractivity contribution in [2.45, 2.75) is 25.7 Å². The normalized spacial score (nSPS) is 11.6. The van der Waals surface area contributed by atoms with Crippen LogP contribution >= 0.6 is 0 Å². The Balaban J connectivity index is 2.60. The molecule has 0 unspecified atom stereocenters. The number of alkyl halides is 2. The Bertz CT molecular complexity index is 278. The SMILES string of the molecule is CC(F)(F)CCc1ccccc1N. The van der Waals surface area contributed by atoms with Crippen molar-refractivity contribution < 1.29 is 8.78 Å². The zero-order chi connectivity index (χ0) is 9.90. The number of para-hydroxylation sites is 1. The molecule has 3 heteroatoms. The summed E-state index contributed by atoms with van der Waals surface area (Å²) in [7, 11) is 0. The second-order valence-corrected chi connectivity index (χ2v) is 3.27. The summed E-state index contributed by atoms with van der Waals surface area (Å²) in [6, 6.07) is 7.10. The third kappa shape index (κ3) is 3.40. The van der Waals surface area contributed by atoms with Gasteiger partial charge in [-0.3, -0.25) is 0 Å². The first kappa shape index (κ1) is 9.96. The van der Waals surface area contributed by atoms with E-state index in [1.54, 1.807) is 24.3 Å². The lowest BCUT2D eigenvalue weighted by Gasteiger charge is -2.10. The minimum atomic E-state index is -2.61. The fourth-order valence-electron chi connectivity index (χ4n) is 1.12. The number of aryl methyl sites for hydroxylation is 1. The number of benzene rings is 1. The Morgan fingerprint density at radius 2 is 1.92 bits per heavy atom. The van der Waals surface area contributed by atoms with Crippen LogP contribution in [0.1, 0.15) is 18.9 Å². The minimum absolute atomic E-state index is 0.152. The highest BCUT2D eigenvalue weighted by atomic mass is 19.3. The summed E-state index contributed by atoms with van der Waals surface area (Å²) < 4.78 is 25.0.